The van der Waals surface area contributed by atoms with E-state index in [2.05, 4.69) is 8.37 Å². The van der Waals surface area contributed by atoms with Crippen molar-refractivity contribution in [3.8, 4) is 0 Å². The van der Waals surface area contributed by atoms with Crippen LogP contribution < -0.4 is 0 Å². The zero-order chi connectivity index (χ0) is 16.8. The highest BCUT2D eigenvalue weighted by molar-refractivity contribution is 7.81. The molecule has 7 heteroatoms. The van der Waals surface area contributed by atoms with Crippen LogP contribution in [0.5, 0.6) is 0 Å². The Morgan fingerprint density at radius 2 is 1.36 bits per heavy atom. The molecule has 0 aromatic heterocycles. The Morgan fingerprint density at radius 1 is 0.818 bits per heavy atom. The van der Waals surface area contributed by atoms with Crippen LogP contribution >= 0.6 is 0 Å². The van der Waals surface area contributed by atoms with Gasteiger partial charge in [0, 0.05) is 25.7 Å². The lowest BCUT2D eigenvalue weighted by molar-refractivity contribution is -0.120. The summed E-state index contributed by atoms with van der Waals surface area (Å²) in [4.78, 5) is 23.1. The lowest BCUT2D eigenvalue weighted by Crippen LogP contribution is -2.08. The number of hydrogen-bond donors (Lipinski definition) is 0. The van der Waals surface area contributed by atoms with Gasteiger partial charge >= 0.3 is 10.4 Å². The van der Waals surface area contributed by atoms with Crippen molar-refractivity contribution in [1.29, 1.82) is 0 Å². The monoisotopic (exact) mass is 336 g/mol. The number of carbonyl (C=O) groups excluding carboxylic acids is 2. The first kappa shape index (κ1) is 21.2. The minimum atomic E-state index is -3.85. The molecule has 0 heterocycles. The van der Waals surface area contributed by atoms with Crippen LogP contribution in [0.4, 0.5) is 0 Å². The van der Waals surface area contributed by atoms with Crippen molar-refractivity contribution in [2.24, 2.45) is 0 Å². The summed E-state index contributed by atoms with van der Waals surface area (Å²) < 4.78 is 30.4. The Bertz CT molecular complexity index is 416. The molecule has 0 spiro atoms. The van der Waals surface area contributed by atoms with Gasteiger partial charge in [-0.25, -0.2) is 4.18 Å². The van der Waals surface area contributed by atoms with E-state index in [4.69, 9.17) is 0 Å². The topological polar surface area (TPSA) is 86.7 Å². The quantitative estimate of drug-likeness (QED) is 0.427. The molecule has 0 radical (unpaired) electrons. The van der Waals surface area contributed by atoms with Crippen LogP contribution in [-0.4, -0.2) is 33.7 Å². The van der Waals surface area contributed by atoms with Gasteiger partial charge in [-0.1, -0.05) is 19.8 Å². The van der Waals surface area contributed by atoms with Crippen molar-refractivity contribution in [2.45, 2.75) is 71.1 Å². The number of unbranched alkanes of at least 4 members (excludes halogenated alkanes) is 3. The molecule has 0 aliphatic heterocycles. The molecule has 0 fully saturated rings. The Kier molecular flexibility index (Phi) is 12.3. The molecule has 130 valence electrons. The lowest BCUT2D eigenvalue weighted by Gasteiger charge is -2.03. The van der Waals surface area contributed by atoms with Gasteiger partial charge in [-0.15, -0.1) is 0 Å². The van der Waals surface area contributed by atoms with E-state index in [-0.39, 0.29) is 18.2 Å². The third-order valence-corrected chi connectivity index (χ3v) is 4.12. The van der Waals surface area contributed by atoms with Gasteiger partial charge in [0.15, 0.2) is 0 Å². The van der Waals surface area contributed by atoms with Gasteiger partial charge in [-0.05, 0) is 25.7 Å². The Morgan fingerprint density at radius 3 is 1.91 bits per heavy atom. The maximum absolute atomic E-state index is 11.6. The molecule has 0 saturated carbocycles. The maximum atomic E-state index is 11.6. The standard InChI is InChI=1S/C15H28O6S/c1-3-4-9-14(16)11-8-12-15(17)10-6-5-7-13-21-22(18,19)20-2/h3-13H2,1-2H3. The molecule has 22 heavy (non-hydrogen) atoms. The molecular weight excluding hydrogens is 308 g/mol. The molecule has 0 unspecified atom stereocenters. The summed E-state index contributed by atoms with van der Waals surface area (Å²) in [6, 6.07) is 0. The van der Waals surface area contributed by atoms with Crippen molar-refractivity contribution in [2.75, 3.05) is 13.7 Å². The van der Waals surface area contributed by atoms with E-state index in [1.807, 2.05) is 6.92 Å². The highest BCUT2D eigenvalue weighted by Gasteiger charge is 2.08. The first-order valence-electron chi connectivity index (χ1n) is 7.89. The fourth-order valence-electron chi connectivity index (χ4n) is 1.92. The highest BCUT2D eigenvalue weighted by Crippen LogP contribution is 2.08. The molecule has 0 N–H and O–H groups in total. The third-order valence-electron chi connectivity index (χ3n) is 3.25. The van der Waals surface area contributed by atoms with Crippen molar-refractivity contribution < 1.29 is 26.4 Å². The van der Waals surface area contributed by atoms with E-state index < -0.39 is 10.4 Å². The third kappa shape index (κ3) is 12.9. The van der Waals surface area contributed by atoms with E-state index >= 15 is 0 Å². The highest BCUT2D eigenvalue weighted by atomic mass is 32.3. The van der Waals surface area contributed by atoms with Crippen LogP contribution in [0.25, 0.3) is 0 Å². The Hall–Kier alpha value is -0.790. The number of carbonyl (C=O) groups is 2. The molecule has 6 nitrogen and oxygen atoms in total. The minimum absolute atomic E-state index is 0.0658. The van der Waals surface area contributed by atoms with Crippen molar-refractivity contribution >= 4 is 22.0 Å². The van der Waals surface area contributed by atoms with E-state index in [0.717, 1.165) is 26.4 Å². The van der Waals surface area contributed by atoms with Crippen LogP contribution in [0, 0.1) is 0 Å². The Balaban J connectivity index is 3.49. The summed E-state index contributed by atoms with van der Waals surface area (Å²) >= 11 is 0. The van der Waals surface area contributed by atoms with Gasteiger partial charge in [0.05, 0.1) is 13.7 Å². The molecule has 0 amide bonds. The zero-order valence-electron chi connectivity index (χ0n) is 13.6. The fraction of sp³-hybridized carbons (Fsp3) is 0.867. The van der Waals surface area contributed by atoms with Gasteiger partial charge in [0.2, 0.25) is 0 Å². The number of ketones is 2. The van der Waals surface area contributed by atoms with Crippen molar-refractivity contribution in [3.63, 3.8) is 0 Å². The number of hydrogen-bond acceptors (Lipinski definition) is 6. The SMILES string of the molecule is CCCCC(=O)CCCC(=O)CCCCCOS(=O)(=O)OC. The summed E-state index contributed by atoms with van der Waals surface area (Å²) in [6.45, 7) is 2.11. The van der Waals surface area contributed by atoms with Gasteiger partial charge in [0.25, 0.3) is 0 Å². The van der Waals surface area contributed by atoms with E-state index in [0.29, 0.717) is 44.9 Å². The lowest BCUT2D eigenvalue weighted by atomic mass is 10.0. The smallest absolute Gasteiger partial charge is 0.300 e. The van der Waals surface area contributed by atoms with Gasteiger partial charge in [0.1, 0.15) is 11.6 Å². The van der Waals surface area contributed by atoms with E-state index in [1.165, 1.54) is 0 Å². The van der Waals surface area contributed by atoms with E-state index in [9.17, 15) is 18.0 Å². The molecule has 0 aliphatic carbocycles. The van der Waals surface area contributed by atoms with Gasteiger partial charge < -0.3 is 0 Å². The van der Waals surface area contributed by atoms with Gasteiger partial charge in [-0.3, -0.25) is 13.8 Å². The summed E-state index contributed by atoms with van der Waals surface area (Å²) in [5, 5.41) is 0. The largest absolute Gasteiger partial charge is 0.399 e. The van der Waals surface area contributed by atoms with Crippen molar-refractivity contribution in [3.05, 3.63) is 0 Å². The molecule has 0 saturated heterocycles. The summed E-state index contributed by atoms with van der Waals surface area (Å²) in [5.74, 6) is 0.403. The minimum Gasteiger partial charge on any atom is -0.300 e. The average molecular weight is 336 g/mol. The van der Waals surface area contributed by atoms with Crippen LogP contribution in [0.15, 0.2) is 0 Å². The van der Waals surface area contributed by atoms with Crippen molar-refractivity contribution in [1.82, 2.24) is 0 Å². The summed E-state index contributed by atoms with van der Waals surface area (Å²) in [5.41, 5.74) is 0. The molecule has 0 aromatic carbocycles. The van der Waals surface area contributed by atoms with Gasteiger partial charge in [-0.2, -0.15) is 8.42 Å². The maximum Gasteiger partial charge on any atom is 0.399 e. The predicted molar refractivity (Wildman–Crippen MR) is 83.7 cm³/mol. The Labute approximate surface area is 133 Å². The number of rotatable bonds is 15. The van der Waals surface area contributed by atoms with E-state index in [1.54, 1.807) is 0 Å². The normalized spacial score (nSPS) is 11.5. The second kappa shape index (κ2) is 12.7. The van der Waals surface area contributed by atoms with Crippen LogP contribution in [0.2, 0.25) is 0 Å². The summed E-state index contributed by atoms with van der Waals surface area (Å²) in [7, 11) is -2.81. The van der Waals surface area contributed by atoms with Crippen LogP contribution in [0.1, 0.15) is 71.1 Å². The molecule has 0 rings (SSSR count). The fourth-order valence-corrected chi connectivity index (χ4v) is 2.33. The van der Waals surface area contributed by atoms with Crippen LogP contribution in [0.3, 0.4) is 0 Å². The summed E-state index contributed by atoms with van der Waals surface area (Å²) in [6.07, 6.45) is 6.60. The molecule has 0 atom stereocenters. The second-order valence-electron chi connectivity index (χ2n) is 5.24. The second-order valence-corrected chi connectivity index (χ2v) is 6.63. The van der Waals surface area contributed by atoms with Crippen LogP contribution in [-0.2, 0) is 28.4 Å². The first-order valence-corrected chi connectivity index (χ1v) is 9.23. The molecule has 0 bridgehead atoms. The zero-order valence-corrected chi connectivity index (χ0v) is 14.5. The number of Topliss-reactive ketones (excluding diaryl/α,β-unsaturated/α-hetero) is 2. The molecular formula is C15H28O6S. The molecule has 0 aliphatic rings. The molecule has 0 aromatic rings. The predicted octanol–water partition coefficient (Wildman–Crippen LogP) is 2.95. The average Bonchev–Trinajstić information content (AvgIpc) is 2.48. The first-order chi connectivity index (χ1) is 10.4.